The predicted molar refractivity (Wildman–Crippen MR) is 173 cm³/mol. The van der Waals surface area contributed by atoms with Crippen LogP contribution in [-0.2, 0) is 48.2 Å². The highest BCUT2D eigenvalue weighted by atomic mass is 16.7. The second-order valence-electron chi connectivity index (χ2n) is 12.2. The van der Waals surface area contributed by atoms with E-state index in [2.05, 4.69) is 0 Å². The van der Waals surface area contributed by atoms with Gasteiger partial charge in [-0.2, -0.15) is 0 Å². The minimum atomic E-state index is -0.555. The monoisotopic (exact) mass is 636 g/mol. The molecule has 0 unspecified atom stereocenters. The fraction of sp³-hybridized carbons (Fsp3) is 0.514. The number of methoxy groups -OCH3 is 3. The Morgan fingerprint density at radius 1 is 0.652 bits per heavy atom. The molecule has 46 heavy (non-hydrogen) atoms. The Balaban J connectivity index is 1.30. The quantitative estimate of drug-likeness (QED) is 0.175. The third kappa shape index (κ3) is 9.91. The van der Waals surface area contributed by atoms with Crippen molar-refractivity contribution in [2.45, 2.75) is 89.2 Å². The molecule has 3 aromatic carbocycles. The highest BCUT2D eigenvalue weighted by Gasteiger charge is 2.41. The van der Waals surface area contributed by atoms with E-state index in [4.69, 9.17) is 42.6 Å². The zero-order valence-electron chi connectivity index (χ0n) is 27.6. The van der Waals surface area contributed by atoms with Crippen LogP contribution >= 0.6 is 0 Å². The summed E-state index contributed by atoms with van der Waals surface area (Å²) >= 11 is 0. The third-order valence-electron chi connectivity index (χ3n) is 8.41. The van der Waals surface area contributed by atoms with Gasteiger partial charge in [0.05, 0.1) is 72.7 Å². The molecule has 3 aromatic rings. The van der Waals surface area contributed by atoms with Crippen molar-refractivity contribution in [3.8, 4) is 17.2 Å². The van der Waals surface area contributed by atoms with Crippen LogP contribution in [-0.4, -0.2) is 70.9 Å². The van der Waals surface area contributed by atoms with Crippen molar-refractivity contribution < 1.29 is 42.6 Å². The van der Waals surface area contributed by atoms with Gasteiger partial charge in [0.1, 0.15) is 29.5 Å². The summed E-state index contributed by atoms with van der Waals surface area (Å²) in [6, 6.07) is 23.7. The molecule has 0 spiro atoms. The normalized spacial score (nSPS) is 24.1. The Labute approximate surface area is 272 Å². The average Bonchev–Trinajstić information content (AvgIpc) is 3.44. The lowest BCUT2D eigenvalue weighted by Gasteiger charge is -2.42. The second kappa shape index (κ2) is 16.6. The van der Waals surface area contributed by atoms with Gasteiger partial charge >= 0.3 is 0 Å². The molecular formula is C37H48O9. The average molecular weight is 637 g/mol. The zero-order valence-corrected chi connectivity index (χ0v) is 27.6. The van der Waals surface area contributed by atoms with Crippen molar-refractivity contribution >= 4 is 0 Å². The van der Waals surface area contributed by atoms with Crippen LogP contribution in [0.2, 0.25) is 0 Å². The van der Waals surface area contributed by atoms with E-state index in [1.807, 2.05) is 86.6 Å². The molecule has 0 amide bonds. The van der Waals surface area contributed by atoms with Crippen molar-refractivity contribution in [3.63, 3.8) is 0 Å². The van der Waals surface area contributed by atoms with Crippen LogP contribution in [0.15, 0.2) is 72.8 Å². The summed E-state index contributed by atoms with van der Waals surface area (Å²) in [6.45, 7) is 6.13. The molecule has 2 aliphatic heterocycles. The number of benzene rings is 3. The first-order valence-corrected chi connectivity index (χ1v) is 16.0. The van der Waals surface area contributed by atoms with Gasteiger partial charge in [0.2, 0.25) is 0 Å². The van der Waals surface area contributed by atoms with Gasteiger partial charge in [-0.25, -0.2) is 0 Å². The van der Waals surface area contributed by atoms with Gasteiger partial charge in [0.25, 0.3) is 0 Å². The molecule has 9 nitrogen and oxygen atoms in total. The highest BCUT2D eigenvalue weighted by molar-refractivity contribution is 5.28. The molecular weight excluding hydrogens is 588 g/mol. The van der Waals surface area contributed by atoms with Crippen LogP contribution in [0.25, 0.3) is 0 Å². The van der Waals surface area contributed by atoms with Gasteiger partial charge in [0.15, 0.2) is 5.79 Å². The van der Waals surface area contributed by atoms with Gasteiger partial charge < -0.3 is 42.6 Å². The first kappa shape index (κ1) is 34.2. The molecule has 5 rings (SSSR count). The number of hydrogen-bond acceptors (Lipinski definition) is 9. The molecule has 0 N–H and O–H groups in total. The topological polar surface area (TPSA) is 83.1 Å². The molecule has 2 fully saturated rings. The summed E-state index contributed by atoms with van der Waals surface area (Å²) in [4.78, 5) is 0. The largest absolute Gasteiger partial charge is 0.497 e. The lowest BCUT2D eigenvalue weighted by molar-refractivity contribution is -0.222. The molecule has 0 saturated carbocycles. The van der Waals surface area contributed by atoms with Gasteiger partial charge in [0, 0.05) is 6.42 Å². The summed E-state index contributed by atoms with van der Waals surface area (Å²) in [7, 11) is 4.99. The summed E-state index contributed by atoms with van der Waals surface area (Å²) in [5.74, 6) is 1.87. The molecule has 2 heterocycles. The molecule has 250 valence electrons. The number of ether oxygens (including phenoxy) is 9. The Hall–Kier alpha value is -3.18. The fourth-order valence-corrected chi connectivity index (χ4v) is 5.84. The van der Waals surface area contributed by atoms with Crippen LogP contribution in [0.3, 0.4) is 0 Å². The lowest BCUT2D eigenvalue weighted by atomic mass is 9.94. The van der Waals surface area contributed by atoms with Gasteiger partial charge in [-0.1, -0.05) is 36.4 Å². The second-order valence-corrected chi connectivity index (χ2v) is 12.2. The minimum absolute atomic E-state index is 0.0334. The van der Waals surface area contributed by atoms with E-state index in [1.165, 1.54) is 0 Å². The van der Waals surface area contributed by atoms with Crippen LogP contribution in [0.5, 0.6) is 17.2 Å². The highest BCUT2D eigenvalue weighted by Crippen LogP contribution is 2.32. The first-order valence-electron chi connectivity index (χ1n) is 16.0. The van der Waals surface area contributed by atoms with Crippen molar-refractivity contribution in [2.75, 3.05) is 34.5 Å². The third-order valence-corrected chi connectivity index (χ3v) is 8.41. The van der Waals surface area contributed by atoms with Crippen molar-refractivity contribution in [3.05, 3.63) is 89.5 Å². The molecule has 0 aliphatic carbocycles. The zero-order chi connectivity index (χ0) is 32.4. The van der Waals surface area contributed by atoms with Gasteiger partial charge in [-0.3, -0.25) is 0 Å². The Morgan fingerprint density at radius 2 is 1.15 bits per heavy atom. The minimum Gasteiger partial charge on any atom is -0.497 e. The first-order chi connectivity index (χ1) is 22.3. The maximum atomic E-state index is 6.74. The van der Waals surface area contributed by atoms with Gasteiger partial charge in [-0.15, -0.1) is 0 Å². The SMILES string of the molecule is COc1ccc(COC[C@H]2O[C@@H](CC[C@H]3COC(C)(C)O3)C[C@@H](OCc3ccc(OC)cc3)[C@@H]2OCc2ccc(OC)cc2)cc1. The van der Waals surface area contributed by atoms with E-state index in [-0.39, 0.29) is 30.5 Å². The van der Waals surface area contributed by atoms with Crippen LogP contribution in [0.1, 0.15) is 49.8 Å². The maximum absolute atomic E-state index is 6.74. The fourth-order valence-electron chi connectivity index (χ4n) is 5.84. The van der Waals surface area contributed by atoms with Crippen LogP contribution < -0.4 is 14.2 Å². The standard InChI is InChI=1S/C37H48O9/c1-37(2)44-24-33(46-37)19-18-32-20-34(42-22-27-8-14-30(39-4)15-9-27)36(43-23-28-10-16-31(40-5)17-11-28)35(45-32)25-41-21-26-6-12-29(38-3)13-7-26/h6-17,32-36H,18-25H2,1-5H3/t32-,33-,34+,35+,36-/m0/s1. The van der Waals surface area contributed by atoms with E-state index in [0.717, 1.165) is 46.8 Å². The van der Waals surface area contributed by atoms with Crippen LogP contribution in [0.4, 0.5) is 0 Å². The Morgan fingerprint density at radius 3 is 1.65 bits per heavy atom. The molecule has 5 atom stereocenters. The molecule has 0 bridgehead atoms. The van der Waals surface area contributed by atoms with E-state index in [9.17, 15) is 0 Å². The van der Waals surface area contributed by atoms with Crippen molar-refractivity contribution in [2.24, 2.45) is 0 Å². The number of rotatable bonds is 16. The lowest BCUT2D eigenvalue weighted by Crippen LogP contribution is -2.52. The summed E-state index contributed by atoms with van der Waals surface area (Å²) < 4.78 is 54.1. The molecule has 2 saturated heterocycles. The molecule has 0 aromatic heterocycles. The Bertz CT molecular complexity index is 1310. The molecule has 2 aliphatic rings. The van der Waals surface area contributed by atoms with E-state index < -0.39 is 5.79 Å². The summed E-state index contributed by atoms with van der Waals surface area (Å²) in [5, 5.41) is 0. The Kier molecular flexibility index (Phi) is 12.3. The molecule has 9 heteroatoms. The van der Waals surface area contributed by atoms with E-state index >= 15 is 0 Å². The molecule has 0 radical (unpaired) electrons. The van der Waals surface area contributed by atoms with Crippen LogP contribution in [0, 0.1) is 0 Å². The predicted octanol–water partition coefficient (Wildman–Crippen LogP) is 6.49. The maximum Gasteiger partial charge on any atom is 0.163 e. The van der Waals surface area contributed by atoms with Crippen molar-refractivity contribution in [1.82, 2.24) is 0 Å². The van der Waals surface area contributed by atoms with Gasteiger partial charge in [-0.05, 0) is 79.8 Å². The van der Waals surface area contributed by atoms with Crippen molar-refractivity contribution in [1.29, 1.82) is 0 Å². The summed E-state index contributed by atoms with van der Waals surface area (Å²) in [5.41, 5.74) is 3.15. The summed E-state index contributed by atoms with van der Waals surface area (Å²) in [6.07, 6.45) is 1.41. The number of hydrogen-bond donors (Lipinski definition) is 0. The van der Waals surface area contributed by atoms with E-state index in [0.29, 0.717) is 39.5 Å². The smallest absolute Gasteiger partial charge is 0.163 e. The van der Waals surface area contributed by atoms with E-state index in [1.54, 1.807) is 21.3 Å².